The molecule has 4 aliphatic heterocycles. The van der Waals surface area contributed by atoms with Crippen LogP contribution in [0.1, 0.15) is 60.7 Å². The molecule has 2 fully saturated rings. The number of carbonyl (C=O) groups is 3. The van der Waals surface area contributed by atoms with Crippen LogP contribution in [-0.2, 0) is 37.0 Å². The smallest absolute Gasteiger partial charge is 0.457 e. The fourth-order valence-electron chi connectivity index (χ4n) is 5.92. The van der Waals surface area contributed by atoms with E-state index < -0.39 is 24.2 Å². The average molecular weight is 561 g/mol. The number of ether oxygens (including phenoxy) is 4. The standard InChI is InChI=1S/C28H27F3N2O7/c1-15-19(4-5-21-22(15)14-39-26(21)35)24(40-27(36)28(29,30)31)10-32-6-7-33-11-23(37-13-18(33)9-32)16-2-3-20-17(8-16)12-38-25(20)34/h2-5,8,18,23-24H,6-7,9-14H2,1H3/t18-,23-,24+/m0/s1. The van der Waals surface area contributed by atoms with Gasteiger partial charge >= 0.3 is 24.1 Å². The van der Waals surface area contributed by atoms with Gasteiger partial charge in [-0.1, -0.05) is 12.1 Å². The highest BCUT2D eigenvalue weighted by Gasteiger charge is 2.44. The summed E-state index contributed by atoms with van der Waals surface area (Å²) < 4.78 is 60.9. The normalized spacial score (nSPS) is 23.6. The van der Waals surface area contributed by atoms with Crippen LogP contribution in [0, 0.1) is 6.92 Å². The van der Waals surface area contributed by atoms with E-state index in [0.29, 0.717) is 60.6 Å². The molecular formula is C28H27F3N2O7. The Morgan fingerprint density at radius 3 is 2.60 bits per heavy atom. The van der Waals surface area contributed by atoms with Crippen molar-refractivity contribution >= 4 is 17.9 Å². The number of halogens is 3. The summed E-state index contributed by atoms with van der Waals surface area (Å²) in [7, 11) is 0. The van der Waals surface area contributed by atoms with Crippen LogP contribution in [0.5, 0.6) is 0 Å². The first-order valence-corrected chi connectivity index (χ1v) is 13.0. The highest BCUT2D eigenvalue weighted by Crippen LogP contribution is 2.34. The molecule has 3 atom stereocenters. The van der Waals surface area contributed by atoms with Gasteiger partial charge in [0.25, 0.3) is 0 Å². The third-order valence-corrected chi connectivity index (χ3v) is 8.12. The minimum atomic E-state index is -5.14. The number of cyclic esters (lactones) is 2. The predicted octanol–water partition coefficient (Wildman–Crippen LogP) is 3.24. The quantitative estimate of drug-likeness (QED) is 0.404. The zero-order valence-electron chi connectivity index (χ0n) is 21.7. The Labute approximate surface area is 227 Å². The van der Waals surface area contributed by atoms with Gasteiger partial charge in [0.2, 0.25) is 0 Å². The number of carbonyl (C=O) groups excluding carboxylic acids is 3. The van der Waals surface area contributed by atoms with Gasteiger partial charge in [-0.15, -0.1) is 0 Å². The topological polar surface area (TPSA) is 94.6 Å². The number of hydrogen-bond acceptors (Lipinski definition) is 9. The van der Waals surface area contributed by atoms with E-state index in [1.807, 2.05) is 17.0 Å². The van der Waals surface area contributed by atoms with E-state index in [4.69, 9.17) is 18.9 Å². The summed E-state index contributed by atoms with van der Waals surface area (Å²) in [4.78, 5) is 39.8. The number of esters is 3. The van der Waals surface area contributed by atoms with Crippen LogP contribution in [0.25, 0.3) is 0 Å². The Kier molecular flexibility index (Phi) is 6.79. The molecule has 6 rings (SSSR count). The SMILES string of the molecule is Cc1c([C@@H](CN2CCN3C[C@@H](c4ccc5c(c4)COC5=O)OC[C@@H]3C2)OC(=O)C(F)(F)F)ccc2c1COC2=O. The largest absolute Gasteiger partial charge is 0.490 e. The molecule has 0 saturated carbocycles. The Morgan fingerprint density at radius 1 is 1.05 bits per heavy atom. The van der Waals surface area contributed by atoms with Gasteiger partial charge in [0, 0.05) is 49.9 Å². The third kappa shape index (κ3) is 4.95. The second kappa shape index (κ2) is 10.2. The average Bonchev–Trinajstić information content (AvgIpc) is 3.50. The summed E-state index contributed by atoms with van der Waals surface area (Å²) in [5.41, 5.74) is 4.33. The van der Waals surface area contributed by atoms with E-state index in [9.17, 15) is 27.6 Å². The fraction of sp³-hybridized carbons (Fsp3) is 0.464. The van der Waals surface area contributed by atoms with Gasteiger partial charge in [-0.3, -0.25) is 9.80 Å². The zero-order chi connectivity index (χ0) is 28.2. The van der Waals surface area contributed by atoms with Crippen molar-refractivity contribution in [1.29, 1.82) is 0 Å². The lowest BCUT2D eigenvalue weighted by atomic mass is 9.94. The fourth-order valence-corrected chi connectivity index (χ4v) is 5.92. The molecule has 2 aromatic carbocycles. The number of hydrogen-bond donors (Lipinski definition) is 0. The number of alkyl halides is 3. The minimum Gasteiger partial charge on any atom is -0.457 e. The minimum absolute atomic E-state index is 0.00967. The van der Waals surface area contributed by atoms with Crippen molar-refractivity contribution in [3.05, 3.63) is 69.3 Å². The van der Waals surface area contributed by atoms with E-state index in [-0.39, 0.29) is 37.9 Å². The number of fused-ring (bicyclic) bond motifs is 3. The molecular weight excluding hydrogens is 533 g/mol. The summed E-state index contributed by atoms with van der Waals surface area (Å²) in [6.07, 6.45) is -6.50. The molecule has 0 amide bonds. The van der Waals surface area contributed by atoms with Crippen LogP contribution < -0.4 is 0 Å². The monoisotopic (exact) mass is 560 g/mol. The molecule has 0 aromatic heterocycles. The second-order valence-corrected chi connectivity index (χ2v) is 10.5. The molecule has 9 nitrogen and oxygen atoms in total. The number of rotatable bonds is 5. The molecule has 0 spiro atoms. The molecule has 2 aromatic rings. The summed E-state index contributed by atoms with van der Waals surface area (Å²) in [5.74, 6) is -3.06. The molecule has 4 heterocycles. The van der Waals surface area contributed by atoms with Crippen LogP contribution >= 0.6 is 0 Å². The lowest BCUT2D eigenvalue weighted by molar-refractivity contribution is -0.206. The van der Waals surface area contributed by atoms with Gasteiger partial charge in [0.15, 0.2) is 0 Å². The maximum atomic E-state index is 13.2. The van der Waals surface area contributed by atoms with E-state index in [0.717, 1.165) is 11.1 Å². The maximum absolute atomic E-state index is 13.2. The summed E-state index contributed by atoms with van der Waals surface area (Å²) >= 11 is 0. The van der Waals surface area contributed by atoms with E-state index >= 15 is 0 Å². The second-order valence-electron chi connectivity index (χ2n) is 10.5. The van der Waals surface area contributed by atoms with Crippen molar-refractivity contribution in [3.8, 4) is 0 Å². The Morgan fingerprint density at radius 2 is 1.80 bits per heavy atom. The van der Waals surface area contributed by atoms with Crippen LogP contribution in [0.3, 0.4) is 0 Å². The van der Waals surface area contributed by atoms with Crippen molar-refractivity contribution in [2.75, 3.05) is 39.3 Å². The number of piperazine rings is 1. The van der Waals surface area contributed by atoms with Crippen LogP contribution in [0.4, 0.5) is 13.2 Å². The van der Waals surface area contributed by atoms with Gasteiger partial charge in [0.05, 0.1) is 23.8 Å². The van der Waals surface area contributed by atoms with E-state index in [2.05, 4.69) is 4.90 Å². The summed E-state index contributed by atoms with van der Waals surface area (Å²) in [6.45, 7) is 4.81. The predicted molar refractivity (Wildman–Crippen MR) is 131 cm³/mol. The van der Waals surface area contributed by atoms with Crippen LogP contribution in [0.15, 0.2) is 30.3 Å². The maximum Gasteiger partial charge on any atom is 0.490 e. The van der Waals surface area contributed by atoms with Crippen molar-refractivity contribution < 1.29 is 46.5 Å². The molecule has 2 saturated heterocycles. The molecule has 4 aliphatic rings. The highest BCUT2D eigenvalue weighted by molar-refractivity contribution is 5.94. The summed E-state index contributed by atoms with van der Waals surface area (Å²) in [5, 5.41) is 0. The van der Waals surface area contributed by atoms with Crippen molar-refractivity contribution in [1.82, 2.24) is 9.80 Å². The lowest BCUT2D eigenvalue weighted by Gasteiger charge is -2.46. The first-order chi connectivity index (χ1) is 19.1. The first-order valence-electron chi connectivity index (χ1n) is 13.0. The zero-order valence-corrected chi connectivity index (χ0v) is 21.7. The molecule has 12 heteroatoms. The van der Waals surface area contributed by atoms with Gasteiger partial charge in [-0.25, -0.2) is 14.4 Å². The molecule has 0 N–H and O–H groups in total. The molecule has 0 unspecified atom stereocenters. The van der Waals surface area contributed by atoms with Gasteiger partial charge in [0.1, 0.15) is 19.3 Å². The van der Waals surface area contributed by atoms with E-state index in [1.165, 1.54) is 12.1 Å². The van der Waals surface area contributed by atoms with Crippen LogP contribution in [-0.4, -0.2) is 79.3 Å². The van der Waals surface area contributed by atoms with Gasteiger partial charge < -0.3 is 18.9 Å². The Hall–Kier alpha value is -3.48. The molecule has 0 aliphatic carbocycles. The molecule has 0 radical (unpaired) electrons. The van der Waals surface area contributed by atoms with Gasteiger partial charge in [-0.2, -0.15) is 13.2 Å². The number of benzene rings is 2. The van der Waals surface area contributed by atoms with E-state index in [1.54, 1.807) is 13.0 Å². The van der Waals surface area contributed by atoms with Crippen molar-refractivity contribution in [2.24, 2.45) is 0 Å². The molecule has 0 bridgehead atoms. The molecule has 212 valence electrons. The number of nitrogens with zero attached hydrogens (tertiary/aromatic N) is 2. The number of morpholine rings is 1. The highest BCUT2D eigenvalue weighted by atomic mass is 19.4. The first kappa shape index (κ1) is 26.7. The Bertz CT molecular complexity index is 1380. The third-order valence-electron chi connectivity index (χ3n) is 8.12. The van der Waals surface area contributed by atoms with Crippen molar-refractivity contribution in [3.63, 3.8) is 0 Å². The molecule has 40 heavy (non-hydrogen) atoms. The summed E-state index contributed by atoms with van der Waals surface area (Å²) in [6, 6.07) is 8.64. The van der Waals surface area contributed by atoms with Crippen molar-refractivity contribution in [2.45, 2.75) is 44.6 Å². The Balaban J connectivity index is 1.15. The van der Waals surface area contributed by atoms with Gasteiger partial charge in [-0.05, 0) is 41.8 Å². The lowest BCUT2D eigenvalue weighted by Crippen LogP contribution is -2.59. The van der Waals surface area contributed by atoms with Crippen LogP contribution in [0.2, 0.25) is 0 Å².